The summed E-state index contributed by atoms with van der Waals surface area (Å²) in [5, 5.41) is 5.43. The van der Waals surface area contributed by atoms with Crippen LogP contribution in [0.15, 0.2) is 38.2 Å². The molecule has 130 valence electrons. The molecule has 2 aromatic heterocycles. The summed E-state index contributed by atoms with van der Waals surface area (Å²) in [7, 11) is 0. The van der Waals surface area contributed by atoms with Gasteiger partial charge in [0.25, 0.3) is 0 Å². The Labute approximate surface area is 177 Å². The van der Waals surface area contributed by atoms with Gasteiger partial charge in [-0.2, -0.15) is 0 Å². The second-order valence-electron chi connectivity index (χ2n) is 4.84. The molecule has 0 amide bonds. The molecule has 0 aliphatic heterocycles. The van der Waals surface area contributed by atoms with Gasteiger partial charge in [0.1, 0.15) is 0 Å². The summed E-state index contributed by atoms with van der Waals surface area (Å²) in [6.07, 6.45) is 0. The summed E-state index contributed by atoms with van der Waals surface area (Å²) in [5.74, 6) is -0.488. The van der Waals surface area contributed by atoms with Crippen molar-refractivity contribution in [2.45, 2.75) is 6.92 Å². The van der Waals surface area contributed by atoms with Crippen molar-refractivity contribution in [1.82, 2.24) is 9.78 Å². The second kappa shape index (κ2) is 7.99. The molecule has 0 spiro atoms. The van der Waals surface area contributed by atoms with Gasteiger partial charge in [0.05, 0.1) is 0 Å². The average Bonchev–Trinajstić information content (AvgIpc) is 3.11. The van der Waals surface area contributed by atoms with E-state index in [0.29, 0.717) is 20.2 Å². The van der Waals surface area contributed by atoms with Gasteiger partial charge in [0, 0.05) is 0 Å². The van der Waals surface area contributed by atoms with Crippen molar-refractivity contribution in [2.24, 2.45) is 0 Å². The Morgan fingerprint density at radius 2 is 2.04 bits per heavy atom. The van der Waals surface area contributed by atoms with E-state index in [2.05, 4.69) is 37.0 Å². The summed E-state index contributed by atoms with van der Waals surface area (Å²) < 4.78 is 9.51. The molecule has 0 fully saturated rings. The van der Waals surface area contributed by atoms with E-state index in [-0.39, 0.29) is 26.8 Å². The number of nitrogens with zero attached hydrogens (tertiary/aromatic N) is 2. The molecule has 1 aromatic carbocycles. The Hall–Kier alpha value is -0.561. The van der Waals surface area contributed by atoms with Crippen LogP contribution >= 0.6 is 55.1 Å². The SMILES string of the molecule is CCOC(=O)c1nn(-c2ccc(Cl)cc2Cl)c(-c2ccc(Br)[se]2)c1Br. The Balaban J connectivity index is 2.25. The van der Waals surface area contributed by atoms with Crippen LogP contribution in [0.5, 0.6) is 0 Å². The van der Waals surface area contributed by atoms with Gasteiger partial charge in [0.2, 0.25) is 0 Å². The van der Waals surface area contributed by atoms with E-state index < -0.39 is 5.97 Å². The fourth-order valence-corrected chi connectivity index (χ4v) is 6.27. The third-order valence-corrected chi connectivity index (χ3v) is 7.48. The van der Waals surface area contributed by atoms with Crippen molar-refractivity contribution in [1.29, 1.82) is 0 Å². The van der Waals surface area contributed by atoms with Crippen LogP contribution < -0.4 is 0 Å². The number of hydrogen-bond acceptors (Lipinski definition) is 3. The molecule has 0 aliphatic rings. The number of rotatable bonds is 4. The number of halogens is 4. The minimum atomic E-state index is -0.488. The molecule has 0 unspecified atom stereocenters. The van der Waals surface area contributed by atoms with Gasteiger partial charge in [-0.25, -0.2) is 0 Å². The molecule has 0 saturated heterocycles. The first kappa shape index (κ1) is 19.2. The predicted octanol–water partition coefficient (Wildman–Crippen LogP) is 5.60. The van der Waals surface area contributed by atoms with Crippen molar-refractivity contribution in [3.05, 3.63) is 53.9 Å². The average molecular weight is 572 g/mol. The molecule has 9 heteroatoms. The van der Waals surface area contributed by atoms with E-state index in [1.165, 1.54) is 0 Å². The zero-order valence-electron chi connectivity index (χ0n) is 12.7. The number of aromatic nitrogens is 2. The number of carbonyl (C=O) groups excluding carboxylic acids is 1. The molecule has 3 rings (SSSR count). The second-order valence-corrected chi connectivity index (χ2v) is 10.8. The van der Waals surface area contributed by atoms with Crippen molar-refractivity contribution < 1.29 is 9.53 Å². The van der Waals surface area contributed by atoms with Crippen LogP contribution in [-0.2, 0) is 4.74 Å². The molecule has 0 aliphatic carbocycles. The summed E-state index contributed by atoms with van der Waals surface area (Å²) in [6, 6.07) is 9.14. The van der Waals surface area contributed by atoms with E-state index in [1.54, 1.807) is 29.8 Å². The maximum absolute atomic E-state index is 12.3. The monoisotopic (exact) mass is 570 g/mol. The summed E-state index contributed by atoms with van der Waals surface area (Å²) >= 11 is 19.5. The predicted molar refractivity (Wildman–Crippen MR) is 107 cm³/mol. The molecule has 0 N–H and O–H groups in total. The topological polar surface area (TPSA) is 44.1 Å². The van der Waals surface area contributed by atoms with Crippen LogP contribution in [0.4, 0.5) is 0 Å². The van der Waals surface area contributed by atoms with Gasteiger partial charge >= 0.3 is 178 Å². The third kappa shape index (κ3) is 3.92. The Morgan fingerprint density at radius 1 is 1.28 bits per heavy atom. The van der Waals surface area contributed by atoms with E-state index in [4.69, 9.17) is 27.9 Å². The van der Waals surface area contributed by atoms with E-state index in [1.807, 2.05) is 12.1 Å². The Kier molecular flexibility index (Phi) is 6.14. The van der Waals surface area contributed by atoms with Gasteiger partial charge in [0.15, 0.2) is 0 Å². The van der Waals surface area contributed by atoms with Crippen LogP contribution in [-0.4, -0.2) is 36.9 Å². The fraction of sp³-hybridized carbons (Fsp3) is 0.125. The molecular weight excluding hydrogens is 562 g/mol. The van der Waals surface area contributed by atoms with E-state index in [0.717, 1.165) is 13.5 Å². The van der Waals surface area contributed by atoms with Crippen molar-refractivity contribution in [3.8, 4) is 15.8 Å². The van der Waals surface area contributed by atoms with Crippen LogP contribution in [0.1, 0.15) is 17.4 Å². The first-order valence-corrected chi connectivity index (χ1v) is 11.1. The standard InChI is InChI=1S/C16H10Br2Cl2N2O2Se/c1-2-24-16(23)14-13(18)15(11-5-6-12(17)25-11)22(21-14)10-4-3-8(19)7-9(10)20/h3-7H,2H2,1H3. The first-order chi connectivity index (χ1) is 11.9. The number of carbonyl (C=O) groups is 1. The van der Waals surface area contributed by atoms with Crippen molar-refractivity contribution in [2.75, 3.05) is 6.61 Å². The van der Waals surface area contributed by atoms with E-state index >= 15 is 0 Å². The number of hydrogen-bond donors (Lipinski definition) is 0. The van der Waals surface area contributed by atoms with Gasteiger partial charge in [-0.3, -0.25) is 0 Å². The molecular formula is C16H10Br2Cl2N2O2Se. The van der Waals surface area contributed by atoms with E-state index in [9.17, 15) is 4.79 Å². The quantitative estimate of drug-likeness (QED) is 0.302. The van der Waals surface area contributed by atoms with Crippen molar-refractivity contribution in [3.63, 3.8) is 0 Å². The fourth-order valence-electron chi connectivity index (χ4n) is 2.21. The molecule has 0 atom stereocenters. The number of benzene rings is 1. The van der Waals surface area contributed by atoms with Crippen LogP contribution in [0.25, 0.3) is 15.8 Å². The zero-order valence-corrected chi connectivity index (χ0v) is 19.1. The zero-order chi connectivity index (χ0) is 18.1. The van der Waals surface area contributed by atoms with Gasteiger partial charge < -0.3 is 0 Å². The van der Waals surface area contributed by atoms with Crippen molar-refractivity contribution >= 4 is 75.5 Å². The summed E-state index contributed by atoms with van der Waals surface area (Å²) in [6.45, 7) is 2.03. The number of ether oxygens (including phenoxy) is 1. The van der Waals surface area contributed by atoms with Gasteiger partial charge in [-0.15, -0.1) is 0 Å². The minimum absolute atomic E-state index is 0.0745. The van der Waals surface area contributed by atoms with Crippen LogP contribution in [0.3, 0.4) is 0 Å². The third-order valence-electron chi connectivity index (χ3n) is 3.24. The molecule has 2 heterocycles. The summed E-state index contributed by atoms with van der Waals surface area (Å²) in [4.78, 5) is 12.3. The molecule has 0 saturated carbocycles. The first-order valence-electron chi connectivity index (χ1n) is 7.09. The van der Waals surface area contributed by atoms with Crippen LogP contribution in [0.2, 0.25) is 10.0 Å². The van der Waals surface area contributed by atoms with Crippen LogP contribution in [0, 0.1) is 0 Å². The summed E-state index contributed by atoms with van der Waals surface area (Å²) in [5.41, 5.74) is 1.62. The van der Waals surface area contributed by atoms with Gasteiger partial charge in [-0.1, -0.05) is 0 Å². The Bertz CT molecular complexity index is 956. The number of esters is 1. The van der Waals surface area contributed by atoms with Gasteiger partial charge in [-0.05, 0) is 0 Å². The molecule has 4 nitrogen and oxygen atoms in total. The molecule has 0 radical (unpaired) electrons. The maximum atomic E-state index is 12.3. The molecule has 25 heavy (non-hydrogen) atoms. The molecule has 0 bridgehead atoms. The molecule has 3 aromatic rings. The Morgan fingerprint density at radius 3 is 2.64 bits per heavy atom. The normalized spacial score (nSPS) is 10.9.